The van der Waals surface area contributed by atoms with Crippen LogP contribution >= 0.6 is 0 Å². The summed E-state index contributed by atoms with van der Waals surface area (Å²) in [7, 11) is 3.86. The molecule has 0 heterocycles. The molecule has 0 amide bonds. The van der Waals surface area contributed by atoms with Gasteiger partial charge in [0.15, 0.2) is 0 Å². The quantitative estimate of drug-likeness (QED) is 0.876. The van der Waals surface area contributed by atoms with Gasteiger partial charge in [0.2, 0.25) is 0 Å². The zero-order chi connectivity index (χ0) is 13.2. The molecule has 2 saturated carbocycles. The van der Waals surface area contributed by atoms with Crippen molar-refractivity contribution < 1.29 is 4.74 Å². The predicted molar refractivity (Wildman–Crippen MR) is 78.5 cm³/mol. The molecule has 0 saturated heterocycles. The van der Waals surface area contributed by atoms with Crippen molar-refractivity contribution in [2.45, 2.75) is 38.1 Å². The summed E-state index contributed by atoms with van der Waals surface area (Å²) in [6.07, 6.45) is 7.01. The predicted octanol–water partition coefficient (Wildman–Crippen LogP) is 3.26. The first kappa shape index (κ1) is 13.0. The van der Waals surface area contributed by atoms with Crippen LogP contribution in [0.2, 0.25) is 0 Å². The Hall–Kier alpha value is -1.02. The maximum absolute atomic E-state index is 5.32. The van der Waals surface area contributed by atoms with Gasteiger partial charge in [-0.2, -0.15) is 0 Å². The summed E-state index contributed by atoms with van der Waals surface area (Å²) in [5.74, 6) is 3.86. The standard InChI is InChI=1S/C17H25NO/c1-18-17(16-10-13-6-7-14(16)8-13)11-12-4-3-5-15(9-12)19-2/h3-5,9,13-14,16-18H,6-8,10-11H2,1-2H3. The van der Waals surface area contributed by atoms with Gasteiger partial charge < -0.3 is 10.1 Å². The molecule has 0 radical (unpaired) electrons. The number of methoxy groups -OCH3 is 1. The van der Waals surface area contributed by atoms with E-state index >= 15 is 0 Å². The molecular formula is C17H25NO. The van der Waals surface area contributed by atoms with Gasteiger partial charge in [0.25, 0.3) is 0 Å². The molecule has 2 aliphatic carbocycles. The number of nitrogens with one attached hydrogen (secondary N) is 1. The topological polar surface area (TPSA) is 21.3 Å². The van der Waals surface area contributed by atoms with E-state index < -0.39 is 0 Å². The molecule has 1 aromatic rings. The maximum atomic E-state index is 5.32. The lowest BCUT2D eigenvalue weighted by Crippen LogP contribution is -2.38. The van der Waals surface area contributed by atoms with E-state index in [0.29, 0.717) is 6.04 Å². The lowest BCUT2D eigenvalue weighted by Gasteiger charge is -2.30. The average molecular weight is 259 g/mol. The van der Waals surface area contributed by atoms with Crippen LogP contribution < -0.4 is 10.1 Å². The van der Waals surface area contributed by atoms with E-state index in [9.17, 15) is 0 Å². The largest absolute Gasteiger partial charge is 0.497 e. The van der Waals surface area contributed by atoms with Gasteiger partial charge in [-0.15, -0.1) is 0 Å². The second kappa shape index (κ2) is 5.54. The lowest BCUT2D eigenvalue weighted by molar-refractivity contribution is 0.255. The first-order chi connectivity index (χ1) is 9.30. The normalized spacial score (nSPS) is 30.5. The summed E-state index contributed by atoms with van der Waals surface area (Å²) >= 11 is 0. The highest BCUT2D eigenvalue weighted by molar-refractivity contribution is 5.29. The third-order valence-electron chi connectivity index (χ3n) is 5.27. The Morgan fingerprint density at radius 1 is 1.32 bits per heavy atom. The van der Waals surface area contributed by atoms with Crippen molar-refractivity contribution in [1.29, 1.82) is 0 Å². The Morgan fingerprint density at radius 3 is 2.84 bits per heavy atom. The van der Waals surface area contributed by atoms with E-state index in [1.54, 1.807) is 7.11 Å². The molecule has 1 aromatic carbocycles. The maximum Gasteiger partial charge on any atom is 0.119 e. The van der Waals surface area contributed by atoms with Crippen LogP contribution in [0, 0.1) is 17.8 Å². The highest BCUT2D eigenvalue weighted by atomic mass is 16.5. The molecule has 19 heavy (non-hydrogen) atoms. The zero-order valence-corrected chi connectivity index (χ0v) is 12.1. The number of ether oxygens (including phenoxy) is 1. The van der Waals surface area contributed by atoms with Crippen LogP contribution in [-0.2, 0) is 6.42 Å². The van der Waals surface area contributed by atoms with Gasteiger partial charge in [0, 0.05) is 6.04 Å². The van der Waals surface area contributed by atoms with Crippen molar-refractivity contribution in [2.24, 2.45) is 17.8 Å². The van der Waals surface area contributed by atoms with E-state index in [1.807, 2.05) is 6.07 Å². The van der Waals surface area contributed by atoms with E-state index in [2.05, 4.69) is 30.6 Å². The number of likely N-dealkylation sites (N-methyl/N-ethyl adjacent to an activating group) is 1. The third-order valence-corrected chi connectivity index (χ3v) is 5.27. The average Bonchev–Trinajstić information content (AvgIpc) is 3.07. The highest BCUT2D eigenvalue weighted by Crippen LogP contribution is 2.49. The molecule has 4 unspecified atom stereocenters. The van der Waals surface area contributed by atoms with E-state index in [4.69, 9.17) is 4.74 Å². The molecule has 3 rings (SSSR count). The Morgan fingerprint density at radius 2 is 2.21 bits per heavy atom. The molecule has 0 aromatic heterocycles. The Labute approximate surface area is 116 Å². The van der Waals surface area contributed by atoms with E-state index in [-0.39, 0.29) is 0 Å². The lowest BCUT2D eigenvalue weighted by atomic mass is 9.81. The molecule has 2 bridgehead atoms. The van der Waals surface area contributed by atoms with Gasteiger partial charge >= 0.3 is 0 Å². The minimum absolute atomic E-state index is 0.627. The summed E-state index contributed by atoms with van der Waals surface area (Å²) < 4.78 is 5.32. The summed E-state index contributed by atoms with van der Waals surface area (Å²) in [6, 6.07) is 9.15. The molecule has 0 spiro atoms. The zero-order valence-electron chi connectivity index (χ0n) is 12.1. The second-order valence-corrected chi connectivity index (χ2v) is 6.29. The van der Waals surface area contributed by atoms with Crippen LogP contribution in [0.5, 0.6) is 5.75 Å². The van der Waals surface area contributed by atoms with Crippen LogP contribution in [0.15, 0.2) is 24.3 Å². The minimum Gasteiger partial charge on any atom is -0.497 e. The number of rotatable bonds is 5. The van der Waals surface area contributed by atoms with E-state index in [0.717, 1.165) is 29.9 Å². The second-order valence-electron chi connectivity index (χ2n) is 6.29. The van der Waals surface area contributed by atoms with E-state index in [1.165, 1.54) is 31.2 Å². The van der Waals surface area contributed by atoms with Crippen LogP contribution in [-0.4, -0.2) is 20.2 Å². The van der Waals surface area contributed by atoms with Crippen LogP contribution in [0.4, 0.5) is 0 Å². The van der Waals surface area contributed by atoms with Gasteiger partial charge in [0.05, 0.1) is 7.11 Å². The Bertz CT molecular complexity index is 431. The Kier molecular flexibility index (Phi) is 3.79. The van der Waals surface area contributed by atoms with Crippen molar-refractivity contribution in [2.75, 3.05) is 14.2 Å². The Balaban J connectivity index is 1.69. The SMILES string of the molecule is CNC(Cc1cccc(OC)c1)C1CC2CCC1C2. The van der Waals surface area contributed by atoms with Crippen LogP contribution in [0.3, 0.4) is 0 Å². The van der Waals surface area contributed by atoms with Crippen molar-refractivity contribution in [3.8, 4) is 5.75 Å². The van der Waals surface area contributed by atoms with Crippen LogP contribution in [0.25, 0.3) is 0 Å². The molecule has 1 N–H and O–H groups in total. The summed E-state index contributed by atoms with van der Waals surface area (Å²) in [6.45, 7) is 0. The summed E-state index contributed by atoms with van der Waals surface area (Å²) in [5.41, 5.74) is 1.39. The first-order valence-electron chi connectivity index (χ1n) is 7.60. The molecule has 2 heteroatoms. The van der Waals surface area contributed by atoms with Gasteiger partial charge in [-0.1, -0.05) is 18.6 Å². The number of hydrogen-bond donors (Lipinski definition) is 1. The molecule has 2 nitrogen and oxygen atoms in total. The minimum atomic E-state index is 0.627. The summed E-state index contributed by atoms with van der Waals surface area (Å²) in [5, 5.41) is 3.57. The molecular weight excluding hydrogens is 234 g/mol. The van der Waals surface area contributed by atoms with Crippen molar-refractivity contribution in [1.82, 2.24) is 5.32 Å². The van der Waals surface area contributed by atoms with Crippen molar-refractivity contribution in [3.63, 3.8) is 0 Å². The number of fused-ring (bicyclic) bond motifs is 2. The summed E-state index contributed by atoms with van der Waals surface area (Å²) in [4.78, 5) is 0. The molecule has 0 aliphatic heterocycles. The smallest absolute Gasteiger partial charge is 0.119 e. The van der Waals surface area contributed by atoms with Gasteiger partial charge in [-0.25, -0.2) is 0 Å². The van der Waals surface area contributed by atoms with Crippen LogP contribution in [0.1, 0.15) is 31.2 Å². The fourth-order valence-electron chi connectivity index (χ4n) is 4.31. The fourth-order valence-corrected chi connectivity index (χ4v) is 4.31. The molecule has 2 fully saturated rings. The highest BCUT2D eigenvalue weighted by Gasteiger charge is 2.42. The van der Waals surface area contributed by atoms with Crippen molar-refractivity contribution in [3.05, 3.63) is 29.8 Å². The molecule has 2 aliphatic rings. The number of benzene rings is 1. The first-order valence-corrected chi connectivity index (χ1v) is 7.60. The van der Waals surface area contributed by atoms with Gasteiger partial charge in [0.1, 0.15) is 5.75 Å². The van der Waals surface area contributed by atoms with Gasteiger partial charge in [-0.05, 0) is 68.2 Å². The molecule has 104 valence electrons. The van der Waals surface area contributed by atoms with Gasteiger partial charge in [-0.3, -0.25) is 0 Å². The number of hydrogen-bond acceptors (Lipinski definition) is 2. The molecule has 4 atom stereocenters. The monoisotopic (exact) mass is 259 g/mol. The third kappa shape index (κ3) is 2.64. The van der Waals surface area contributed by atoms with Crippen molar-refractivity contribution >= 4 is 0 Å². The fraction of sp³-hybridized carbons (Fsp3) is 0.647.